The highest BCUT2D eigenvalue weighted by Crippen LogP contribution is 2.35. The smallest absolute Gasteiger partial charge is 0.410 e. The number of hydrogen-bond donors (Lipinski definition) is 1. The van der Waals surface area contributed by atoms with Crippen molar-refractivity contribution in [2.75, 3.05) is 18.4 Å². The van der Waals surface area contributed by atoms with Crippen molar-refractivity contribution in [1.29, 1.82) is 0 Å². The van der Waals surface area contributed by atoms with Crippen LogP contribution in [0.3, 0.4) is 0 Å². The lowest BCUT2D eigenvalue weighted by molar-refractivity contribution is -0.119. The first-order chi connectivity index (χ1) is 13.6. The number of carbonyl (C=O) groups is 2. The second-order valence-electron chi connectivity index (χ2n) is 8.15. The Bertz CT molecular complexity index is 878. The second kappa shape index (κ2) is 8.76. The van der Waals surface area contributed by atoms with E-state index in [0.717, 1.165) is 10.0 Å². The van der Waals surface area contributed by atoms with Gasteiger partial charge in [-0.15, -0.1) is 0 Å². The van der Waals surface area contributed by atoms with Crippen molar-refractivity contribution in [3.05, 3.63) is 63.6 Å². The molecule has 3 rings (SSSR count). The number of hydrogen-bond acceptors (Lipinski definition) is 3. The average Bonchev–Trinajstić information content (AvgIpc) is 3.08. The van der Waals surface area contributed by atoms with Crippen molar-refractivity contribution in [2.45, 2.75) is 32.3 Å². The Labute approximate surface area is 184 Å². The van der Waals surface area contributed by atoms with Gasteiger partial charge in [0.1, 0.15) is 5.60 Å². The van der Waals surface area contributed by atoms with Crippen LogP contribution in [0.4, 0.5) is 10.5 Å². The van der Waals surface area contributed by atoms with Crippen LogP contribution in [0.15, 0.2) is 53.0 Å². The molecule has 0 spiro atoms. The molecule has 2 aromatic carbocycles. The van der Waals surface area contributed by atoms with Gasteiger partial charge in [-0.2, -0.15) is 0 Å². The number of halogens is 2. The van der Waals surface area contributed by atoms with Gasteiger partial charge in [0.15, 0.2) is 0 Å². The Morgan fingerprint density at radius 2 is 1.69 bits per heavy atom. The Kier molecular flexibility index (Phi) is 6.54. The number of ether oxygens (including phenoxy) is 1. The monoisotopic (exact) mass is 478 g/mol. The lowest BCUT2D eigenvalue weighted by atomic mass is 9.88. The standard InChI is InChI=1S/C22H24BrClN2O3/c1-22(2,3)29-21(28)26-12-18(14-4-6-15(23)7-5-14)19(13-26)20(27)25-17-10-8-16(24)9-11-17/h4-11,18-19H,12-13H2,1-3H3,(H,25,27)/t18-,19+/m1/s1. The van der Waals surface area contributed by atoms with Crippen molar-refractivity contribution < 1.29 is 14.3 Å². The minimum atomic E-state index is -0.589. The molecule has 0 unspecified atom stereocenters. The molecule has 1 aliphatic heterocycles. The van der Waals surface area contributed by atoms with Gasteiger partial charge in [0.25, 0.3) is 0 Å². The van der Waals surface area contributed by atoms with E-state index in [0.29, 0.717) is 23.8 Å². The molecule has 1 aliphatic rings. The van der Waals surface area contributed by atoms with Gasteiger partial charge in [-0.1, -0.05) is 39.7 Å². The summed E-state index contributed by atoms with van der Waals surface area (Å²) in [5.74, 6) is -0.645. The van der Waals surface area contributed by atoms with E-state index in [4.69, 9.17) is 16.3 Å². The number of likely N-dealkylation sites (tertiary alicyclic amines) is 1. The Hall–Kier alpha value is -2.05. The quantitative estimate of drug-likeness (QED) is 0.615. The zero-order chi connectivity index (χ0) is 21.2. The van der Waals surface area contributed by atoms with Crippen LogP contribution in [0.25, 0.3) is 0 Å². The first-order valence-electron chi connectivity index (χ1n) is 9.42. The molecule has 29 heavy (non-hydrogen) atoms. The minimum Gasteiger partial charge on any atom is -0.444 e. The van der Waals surface area contributed by atoms with E-state index in [1.54, 1.807) is 29.2 Å². The molecule has 0 aliphatic carbocycles. The van der Waals surface area contributed by atoms with E-state index in [2.05, 4.69) is 21.2 Å². The largest absolute Gasteiger partial charge is 0.444 e. The number of amides is 2. The van der Waals surface area contributed by atoms with Gasteiger partial charge in [0, 0.05) is 34.2 Å². The summed E-state index contributed by atoms with van der Waals surface area (Å²) < 4.78 is 6.48. The first kappa shape index (κ1) is 21.7. The number of rotatable bonds is 3. The molecule has 0 aromatic heterocycles. The molecule has 0 bridgehead atoms. The number of benzene rings is 2. The highest BCUT2D eigenvalue weighted by molar-refractivity contribution is 9.10. The van der Waals surface area contributed by atoms with Crippen LogP contribution in [0.2, 0.25) is 5.02 Å². The van der Waals surface area contributed by atoms with Crippen LogP contribution in [-0.4, -0.2) is 35.6 Å². The van der Waals surface area contributed by atoms with Crippen LogP contribution < -0.4 is 5.32 Å². The van der Waals surface area contributed by atoms with E-state index in [9.17, 15) is 9.59 Å². The van der Waals surface area contributed by atoms with E-state index in [1.807, 2.05) is 45.0 Å². The summed E-state index contributed by atoms with van der Waals surface area (Å²) in [6, 6.07) is 14.8. The van der Waals surface area contributed by atoms with Crippen molar-refractivity contribution in [3.63, 3.8) is 0 Å². The van der Waals surface area contributed by atoms with Crippen LogP contribution in [0.1, 0.15) is 32.3 Å². The second-order valence-corrected chi connectivity index (χ2v) is 9.50. The Balaban J connectivity index is 1.82. The molecule has 154 valence electrons. The molecule has 1 fully saturated rings. The zero-order valence-corrected chi connectivity index (χ0v) is 19.0. The summed E-state index contributed by atoms with van der Waals surface area (Å²) in [4.78, 5) is 27.3. The molecule has 1 heterocycles. The van der Waals surface area contributed by atoms with Crippen molar-refractivity contribution in [3.8, 4) is 0 Å². The fourth-order valence-corrected chi connectivity index (χ4v) is 3.75. The molecule has 2 aromatic rings. The molecule has 1 N–H and O–H groups in total. The number of nitrogens with zero attached hydrogens (tertiary/aromatic N) is 1. The Morgan fingerprint density at radius 1 is 1.07 bits per heavy atom. The number of nitrogens with one attached hydrogen (secondary N) is 1. The van der Waals surface area contributed by atoms with Gasteiger partial charge < -0.3 is 15.0 Å². The third-order valence-electron chi connectivity index (χ3n) is 4.72. The number of anilines is 1. The molecular formula is C22H24BrClN2O3. The van der Waals surface area contributed by atoms with Gasteiger partial charge in [-0.05, 0) is 62.7 Å². The van der Waals surface area contributed by atoms with E-state index >= 15 is 0 Å². The Morgan fingerprint density at radius 3 is 2.28 bits per heavy atom. The highest BCUT2D eigenvalue weighted by atomic mass is 79.9. The summed E-state index contributed by atoms with van der Waals surface area (Å²) in [5.41, 5.74) is 1.09. The first-order valence-corrected chi connectivity index (χ1v) is 10.6. The van der Waals surface area contributed by atoms with Crippen molar-refractivity contribution >= 4 is 45.2 Å². The van der Waals surface area contributed by atoms with E-state index in [-0.39, 0.29) is 17.7 Å². The minimum absolute atomic E-state index is 0.122. The van der Waals surface area contributed by atoms with Crippen LogP contribution in [0, 0.1) is 5.92 Å². The molecule has 2 amide bonds. The molecule has 2 atom stereocenters. The summed E-state index contributed by atoms with van der Waals surface area (Å²) in [7, 11) is 0. The topological polar surface area (TPSA) is 58.6 Å². The lowest BCUT2D eigenvalue weighted by Crippen LogP contribution is -2.36. The normalized spacial score (nSPS) is 19.1. The molecule has 5 nitrogen and oxygen atoms in total. The molecule has 1 saturated heterocycles. The summed E-state index contributed by atoms with van der Waals surface area (Å²) in [6.45, 7) is 6.22. The third-order valence-corrected chi connectivity index (χ3v) is 5.50. The summed E-state index contributed by atoms with van der Waals surface area (Å²) in [5, 5.41) is 3.55. The lowest BCUT2D eigenvalue weighted by Gasteiger charge is -2.24. The van der Waals surface area contributed by atoms with Gasteiger partial charge in [-0.3, -0.25) is 4.79 Å². The highest BCUT2D eigenvalue weighted by Gasteiger charge is 2.41. The van der Waals surface area contributed by atoms with Crippen LogP contribution in [0.5, 0.6) is 0 Å². The van der Waals surface area contributed by atoms with Gasteiger partial charge in [0.2, 0.25) is 5.91 Å². The van der Waals surface area contributed by atoms with Gasteiger partial charge >= 0.3 is 6.09 Å². The molecular weight excluding hydrogens is 456 g/mol. The summed E-state index contributed by atoms with van der Waals surface area (Å²) >= 11 is 9.37. The fraction of sp³-hybridized carbons (Fsp3) is 0.364. The maximum atomic E-state index is 13.1. The van der Waals surface area contributed by atoms with E-state index in [1.165, 1.54) is 0 Å². The summed E-state index contributed by atoms with van der Waals surface area (Å²) in [6.07, 6.45) is -0.401. The zero-order valence-electron chi connectivity index (χ0n) is 16.6. The van der Waals surface area contributed by atoms with Crippen LogP contribution in [-0.2, 0) is 9.53 Å². The maximum Gasteiger partial charge on any atom is 0.410 e. The number of carbonyl (C=O) groups excluding carboxylic acids is 2. The van der Waals surface area contributed by atoms with Gasteiger partial charge in [-0.25, -0.2) is 4.79 Å². The average molecular weight is 480 g/mol. The predicted molar refractivity (Wildman–Crippen MR) is 118 cm³/mol. The predicted octanol–water partition coefficient (Wildman–Crippen LogP) is 5.69. The third kappa shape index (κ3) is 5.73. The molecule has 7 heteroatoms. The van der Waals surface area contributed by atoms with Crippen molar-refractivity contribution in [2.24, 2.45) is 5.92 Å². The van der Waals surface area contributed by atoms with E-state index < -0.39 is 11.7 Å². The SMILES string of the molecule is CC(C)(C)OC(=O)N1C[C@H](C(=O)Nc2ccc(Cl)cc2)[C@@H](c2ccc(Br)cc2)C1. The fourth-order valence-electron chi connectivity index (χ4n) is 3.36. The van der Waals surface area contributed by atoms with Crippen LogP contribution >= 0.6 is 27.5 Å². The molecule has 0 saturated carbocycles. The maximum absolute atomic E-state index is 13.1. The molecule has 0 radical (unpaired) electrons. The van der Waals surface area contributed by atoms with Crippen molar-refractivity contribution in [1.82, 2.24) is 4.90 Å². The van der Waals surface area contributed by atoms with Gasteiger partial charge in [0.05, 0.1) is 5.92 Å².